The van der Waals surface area contributed by atoms with Crippen molar-refractivity contribution < 1.29 is 19.1 Å². The van der Waals surface area contributed by atoms with E-state index in [9.17, 15) is 19.1 Å². The van der Waals surface area contributed by atoms with Crippen LogP contribution in [0.2, 0.25) is 0 Å². The third-order valence-electron chi connectivity index (χ3n) is 3.71. The molecule has 0 aliphatic heterocycles. The lowest BCUT2D eigenvalue weighted by Crippen LogP contribution is -2.07. The SMILES string of the molecule is CC(=O)Nc1cccc(Sc2cncc(Nc3ccc(I)cc3F)c2C(=O)O)c1. The first kappa shape index (κ1) is 21.1. The molecule has 0 saturated carbocycles. The fraction of sp³-hybridized carbons (Fsp3) is 0.0500. The number of hydrogen-bond acceptors (Lipinski definition) is 5. The summed E-state index contributed by atoms with van der Waals surface area (Å²) in [5.41, 5.74) is 0.917. The Balaban J connectivity index is 1.95. The molecule has 1 amide bonds. The Labute approximate surface area is 184 Å². The van der Waals surface area contributed by atoms with Crippen molar-refractivity contribution in [1.29, 1.82) is 0 Å². The van der Waals surface area contributed by atoms with E-state index in [0.29, 0.717) is 10.6 Å². The summed E-state index contributed by atoms with van der Waals surface area (Å²) < 4.78 is 14.9. The number of nitrogens with one attached hydrogen (secondary N) is 2. The van der Waals surface area contributed by atoms with E-state index < -0.39 is 11.8 Å². The Morgan fingerprint density at radius 2 is 1.93 bits per heavy atom. The molecule has 0 aliphatic carbocycles. The number of benzene rings is 2. The summed E-state index contributed by atoms with van der Waals surface area (Å²) >= 11 is 3.18. The normalized spacial score (nSPS) is 10.4. The van der Waals surface area contributed by atoms with Gasteiger partial charge in [0.1, 0.15) is 5.82 Å². The van der Waals surface area contributed by atoms with E-state index >= 15 is 0 Å². The van der Waals surface area contributed by atoms with Crippen molar-refractivity contribution in [2.24, 2.45) is 0 Å². The fourth-order valence-electron chi connectivity index (χ4n) is 2.54. The number of carboxylic acids is 1. The van der Waals surface area contributed by atoms with Gasteiger partial charge >= 0.3 is 5.97 Å². The van der Waals surface area contributed by atoms with Crippen LogP contribution in [-0.4, -0.2) is 22.0 Å². The lowest BCUT2D eigenvalue weighted by molar-refractivity contribution is -0.114. The lowest BCUT2D eigenvalue weighted by atomic mass is 10.2. The fourth-order valence-corrected chi connectivity index (χ4v) is 3.99. The van der Waals surface area contributed by atoms with Crippen LogP contribution >= 0.6 is 34.4 Å². The molecule has 0 unspecified atom stereocenters. The summed E-state index contributed by atoms with van der Waals surface area (Å²) in [5, 5.41) is 15.3. The van der Waals surface area contributed by atoms with Crippen LogP contribution in [0.1, 0.15) is 17.3 Å². The van der Waals surface area contributed by atoms with Crippen LogP contribution in [0.3, 0.4) is 0 Å². The molecule has 1 heterocycles. The minimum absolute atomic E-state index is 0.0205. The van der Waals surface area contributed by atoms with E-state index in [2.05, 4.69) is 15.6 Å². The third kappa shape index (κ3) is 5.45. The van der Waals surface area contributed by atoms with Crippen LogP contribution in [0.5, 0.6) is 0 Å². The van der Waals surface area contributed by atoms with Crippen LogP contribution in [0.25, 0.3) is 0 Å². The molecule has 29 heavy (non-hydrogen) atoms. The van der Waals surface area contributed by atoms with Crippen molar-refractivity contribution >= 4 is 63.3 Å². The molecule has 0 fully saturated rings. The molecule has 3 rings (SSSR count). The second kappa shape index (κ2) is 9.23. The summed E-state index contributed by atoms with van der Waals surface area (Å²) in [6.07, 6.45) is 2.79. The van der Waals surface area contributed by atoms with Gasteiger partial charge < -0.3 is 15.7 Å². The van der Waals surface area contributed by atoms with Crippen molar-refractivity contribution in [3.05, 3.63) is 69.8 Å². The number of aromatic nitrogens is 1. The predicted octanol–water partition coefficient (Wildman–Crippen LogP) is 5.38. The third-order valence-corrected chi connectivity index (χ3v) is 5.40. The molecular weight excluding hydrogens is 508 g/mol. The van der Waals surface area contributed by atoms with E-state index in [-0.39, 0.29) is 22.8 Å². The van der Waals surface area contributed by atoms with Gasteiger partial charge in [-0.1, -0.05) is 17.8 Å². The minimum Gasteiger partial charge on any atom is -0.478 e. The molecule has 3 N–H and O–H groups in total. The van der Waals surface area contributed by atoms with Gasteiger partial charge in [0.05, 0.1) is 23.1 Å². The van der Waals surface area contributed by atoms with Crippen LogP contribution < -0.4 is 10.6 Å². The van der Waals surface area contributed by atoms with Crippen molar-refractivity contribution in [3.8, 4) is 0 Å². The van der Waals surface area contributed by atoms with Crippen molar-refractivity contribution in [3.63, 3.8) is 0 Å². The van der Waals surface area contributed by atoms with Gasteiger partial charge in [0.15, 0.2) is 0 Å². The quantitative estimate of drug-likeness (QED) is 0.376. The number of hydrogen-bond donors (Lipinski definition) is 3. The van der Waals surface area contributed by atoms with Crippen molar-refractivity contribution in [2.45, 2.75) is 16.7 Å². The number of carbonyl (C=O) groups is 2. The first-order chi connectivity index (χ1) is 13.8. The summed E-state index contributed by atoms with van der Waals surface area (Å²) in [6.45, 7) is 1.41. The highest BCUT2D eigenvalue weighted by Gasteiger charge is 2.18. The second-order valence-corrected chi connectivity index (χ2v) is 8.29. The number of halogens is 2. The number of carbonyl (C=O) groups excluding carboxylic acids is 1. The number of carboxylic acid groups (broad SMARTS) is 1. The molecular formula is C20H15FIN3O3S. The summed E-state index contributed by atoms with van der Waals surface area (Å²) in [4.78, 5) is 28.4. The minimum atomic E-state index is -1.17. The topological polar surface area (TPSA) is 91.3 Å². The summed E-state index contributed by atoms with van der Waals surface area (Å²) in [6, 6.07) is 11.6. The number of rotatable bonds is 6. The second-order valence-electron chi connectivity index (χ2n) is 5.93. The largest absolute Gasteiger partial charge is 0.478 e. The summed E-state index contributed by atoms with van der Waals surface area (Å²) in [5.74, 6) is -1.86. The van der Waals surface area contributed by atoms with Crippen molar-refractivity contribution in [1.82, 2.24) is 4.98 Å². The van der Waals surface area contributed by atoms with Gasteiger partial charge in [-0.15, -0.1) is 0 Å². The number of pyridine rings is 1. The monoisotopic (exact) mass is 523 g/mol. The maximum Gasteiger partial charge on any atom is 0.339 e. The highest BCUT2D eigenvalue weighted by atomic mass is 127. The molecule has 148 valence electrons. The number of aromatic carboxylic acids is 1. The lowest BCUT2D eigenvalue weighted by Gasteiger charge is -2.14. The van der Waals surface area contributed by atoms with Crippen LogP contribution in [0.4, 0.5) is 21.5 Å². The highest BCUT2D eigenvalue weighted by molar-refractivity contribution is 14.1. The predicted molar refractivity (Wildman–Crippen MR) is 118 cm³/mol. The van der Waals surface area contributed by atoms with Gasteiger partial charge in [-0.3, -0.25) is 9.78 Å². The van der Waals surface area contributed by atoms with Crippen LogP contribution in [0, 0.1) is 9.39 Å². The molecule has 0 spiro atoms. The molecule has 2 aromatic carbocycles. The first-order valence-corrected chi connectivity index (χ1v) is 10.2. The zero-order chi connectivity index (χ0) is 21.0. The number of anilines is 3. The van der Waals surface area contributed by atoms with Gasteiger partial charge in [-0.25, -0.2) is 9.18 Å². The Morgan fingerprint density at radius 1 is 1.14 bits per heavy atom. The molecule has 0 aliphatic rings. The molecule has 0 atom stereocenters. The zero-order valence-corrected chi connectivity index (χ0v) is 18.0. The number of nitrogens with zero attached hydrogens (tertiary/aromatic N) is 1. The van der Waals surface area contributed by atoms with Crippen LogP contribution in [0.15, 0.2) is 64.6 Å². The Hall–Kier alpha value is -2.66. The smallest absolute Gasteiger partial charge is 0.339 e. The van der Waals surface area contributed by atoms with Gasteiger partial charge in [-0.05, 0) is 59.0 Å². The molecule has 0 saturated heterocycles. The van der Waals surface area contributed by atoms with E-state index in [4.69, 9.17) is 0 Å². The maximum absolute atomic E-state index is 14.2. The zero-order valence-electron chi connectivity index (χ0n) is 15.1. The number of amides is 1. The van der Waals surface area contributed by atoms with Crippen molar-refractivity contribution in [2.75, 3.05) is 10.6 Å². The standard InChI is InChI=1S/C20H15FIN3O3S/c1-11(26)24-13-3-2-4-14(8-13)29-18-10-23-9-17(19(18)20(27)28)25-16-6-5-12(22)7-15(16)21/h2-10,25H,1H3,(H,24,26)(H,27,28). The van der Waals surface area contributed by atoms with Gasteiger partial charge in [0.2, 0.25) is 5.91 Å². The van der Waals surface area contributed by atoms with E-state index in [1.807, 2.05) is 22.6 Å². The summed E-state index contributed by atoms with van der Waals surface area (Å²) in [7, 11) is 0. The van der Waals surface area contributed by atoms with E-state index in [0.717, 1.165) is 8.47 Å². The molecule has 9 heteroatoms. The molecule has 1 aromatic heterocycles. The highest BCUT2D eigenvalue weighted by Crippen LogP contribution is 2.35. The van der Waals surface area contributed by atoms with Gasteiger partial charge in [0, 0.05) is 32.2 Å². The first-order valence-electron chi connectivity index (χ1n) is 8.32. The average Bonchev–Trinajstić information content (AvgIpc) is 2.63. The average molecular weight is 523 g/mol. The maximum atomic E-state index is 14.2. The molecule has 0 bridgehead atoms. The molecule has 0 radical (unpaired) electrons. The van der Waals surface area contributed by atoms with Crippen LogP contribution in [-0.2, 0) is 4.79 Å². The van der Waals surface area contributed by atoms with Gasteiger partial charge in [-0.2, -0.15) is 0 Å². The molecule has 6 nitrogen and oxygen atoms in total. The Kier molecular flexibility index (Phi) is 6.70. The Morgan fingerprint density at radius 3 is 2.62 bits per heavy atom. The Bertz CT molecular complexity index is 1090. The molecule has 3 aromatic rings. The van der Waals surface area contributed by atoms with Gasteiger partial charge in [0.25, 0.3) is 0 Å². The van der Waals surface area contributed by atoms with E-state index in [1.165, 1.54) is 37.1 Å². The van der Waals surface area contributed by atoms with E-state index in [1.54, 1.807) is 36.4 Å².